The van der Waals surface area contributed by atoms with Crippen molar-refractivity contribution in [3.05, 3.63) is 33.3 Å². The van der Waals surface area contributed by atoms with Gasteiger partial charge < -0.3 is 5.11 Å². The van der Waals surface area contributed by atoms with Crippen molar-refractivity contribution in [1.29, 1.82) is 0 Å². The number of aliphatic hydroxyl groups excluding tert-OH is 1. The lowest BCUT2D eigenvalue weighted by molar-refractivity contribution is 0.281. The summed E-state index contributed by atoms with van der Waals surface area (Å²) in [6.07, 6.45) is 0. The van der Waals surface area contributed by atoms with Gasteiger partial charge in [-0.1, -0.05) is 37.0 Å². The van der Waals surface area contributed by atoms with Crippen LogP contribution in [0.15, 0.2) is 12.1 Å². The first-order valence-corrected chi connectivity index (χ1v) is 4.96. The number of benzene rings is 1. The van der Waals surface area contributed by atoms with Crippen LogP contribution in [0.3, 0.4) is 0 Å². The van der Waals surface area contributed by atoms with Gasteiger partial charge in [0, 0.05) is 10.0 Å². The van der Waals surface area contributed by atoms with Crippen LogP contribution in [-0.2, 0) is 6.61 Å². The number of aryl methyl sites for hydroxylation is 1. The normalized spacial score (nSPS) is 9.08. The van der Waals surface area contributed by atoms with Gasteiger partial charge in [-0.2, -0.15) is 0 Å². The summed E-state index contributed by atoms with van der Waals surface area (Å²) in [5.74, 6) is 0. The molecular weight excluding hydrogens is 207 g/mol. The topological polar surface area (TPSA) is 20.2 Å². The van der Waals surface area contributed by atoms with E-state index in [-0.39, 0.29) is 6.61 Å². The standard InChI is InChI=1S/C8H8Cl2O.C2H6/c1-5-2-6(9)3-8(10)7(5)4-11;1-2/h2-3,11H,4H2,1H3;1-2H3. The van der Waals surface area contributed by atoms with Crippen molar-refractivity contribution in [2.24, 2.45) is 0 Å². The van der Waals surface area contributed by atoms with Crippen LogP contribution in [0, 0.1) is 6.92 Å². The number of aliphatic hydroxyl groups is 1. The lowest BCUT2D eigenvalue weighted by atomic mass is 10.1. The molecule has 0 atom stereocenters. The molecule has 1 N–H and O–H groups in total. The number of halogens is 2. The minimum absolute atomic E-state index is 0.0398. The largest absolute Gasteiger partial charge is 0.392 e. The van der Waals surface area contributed by atoms with Crippen molar-refractivity contribution in [3.63, 3.8) is 0 Å². The Morgan fingerprint density at radius 3 is 2.15 bits per heavy atom. The third-order valence-corrected chi connectivity index (χ3v) is 2.10. The molecule has 0 spiro atoms. The summed E-state index contributed by atoms with van der Waals surface area (Å²) in [5.41, 5.74) is 1.67. The van der Waals surface area contributed by atoms with Crippen molar-refractivity contribution >= 4 is 23.2 Å². The van der Waals surface area contributed by atoms with Gasteiger partial charge in [0.15, 0.2) is 0 Å². The van der Waals surface area contributed by atoms with Gasteiger partial charge in [0.2, 0.25) is 0 Å². The molecule has 1 rings (SSSR count). The Balaban J connectivity index is 0.000000671. The maximum Gasteiger partial charge on any atom is 0.0699 e. The Labute approximate surface area is 89.3 Å². The van der Waals surface area contributed by atoms with Gasteiger partial charge in [-0.25, -0.2) is 0 Å². The van der Waals surface area contributed by atoms with Gasteiger partial charge in [0.05, 0.1) is 6.61 Å². The van der Waals surface area contributed by atoms with Crippen molar-refractivity contribution < 1.29 is 5.11 Å². The van der Waals surface area contributed by atoms with E-state index in [1.54, 1.807) is 12.1 Å². The molecule has 0 saturated heterocycles. The Hall–Kier alpha value is -0.240. The van der Waals surface area contributed by atoms with Gasteiger partial charge in [-0.05, 0) is 30.2 Å². The number of rotatable bonds is 1. The second kappa shape index (κ2) is 6.25. The van der Waals surface area contributed by atoms with E-state index in [0.717, 1.165) is 11.1 Å². The van der Waals surface area contributed by atoms with Crippen LogP contribution in [0.1, 0.15) is 25.0 Å². The molecule has 0 heterocycles. The van der Waals surface area contributed by atoms with E-state index < -0.39 is 0 Å². The molecule has 0 saturated carbocycles. The molecule has 0 aromatic heterocycles. The zero-order chi connectivity index (χ0) is 10.4. The molecule has 1 aromatic carbocycles. The second-order valence-corrected chi connectivity index (χ2v) is 3.18. The Bertz CT molecular complexity index is 249. The quantitative estimate of drug-likeness (QED) is 0.764. The lowest BCUT2D eigenvalue weighted by Gasteiger charge is -2.04. The molecule has 13 heavy (non-hydrogen) atoms. The molecule has 0 fully saturated rings. The predicted octanol–water partition coefficient (Wildman–Crippen LogP) is 3.82. The number of hydrogen-bond donors (Lipinski definition) is 1. The summed E-state index contributed by atoms with van der Waals surface area (Å²) in [6, 6.07) is 3.40. The van der Waals surface area contributed by atoms with Gasteiger partial charge in [-0.15, -0.1) is 0 Å². The first-order valence-electron chi connectivity index (χ1n) is 4.20. The summed E-state index contributed by atoms with van der Waals surface area (Å²) in [5, 5.41) is 9.99. The molecule has 0 unspecified atom stereocenters. The minimum atomic E-state index is -0.0398. The van der Waals surface area contributed by atoms with E-state index in [0.29, 0.717) is 10.0 Å². The predicted molar refractivity (Wildman–Crippen MR) is 58.5 cm³/mol. The van der Waals surface area contributed by atoms with Crippen molar-refractivity contribution in [1.82, 2.24) is 0 Å². The van der Waals surface area contributed by atoms with Crippen LogP contribution >= 0.6 is 23.2 Å². The van der Waals surface area contributed by atoms with Gasteiger partial charge >= 0.3 is 0 Å². The summed E-state index contributed by atoms with van der Waals surface area (Å²) >= 11 is 11.5. The third-order valence-electron chi connectivity index (χ3n) is 1.54. The molecule has 74 valence electrons. The molecule has 0 aliphatic rings. The zero-order valence-corrected chi connectivity index (χ0v) is 9.58. The number of hydrogen-bond acceptors (Lipinski definition) is 1. The van der Waals surface area contributed by atoms with Crippen LogP contribution in [0.2, 0.25) is 10.0 Å². The van der Waals surface area contributed by atoms with Crippen molar-refractivity contribution in [3.8, 4) is 0 Å². The van der Waals surface area contributed by atoms with Crippen LogP contribution in [0.5, 0.6) is 0 Å². The highest BCUT2D eigenvalue weighted by Crippen LogP contribution is 2.24. The highest BCUT2D eigenvalue weighted by atomic mass is 35.5. The molecule has 1 aromatic rings. The fraction of sp³-hybridized carbons (Fsp3) is 0.400. The van der Waals surface area contributed by atoms with Crippen molar-refractivity contribution in [2.45, 2.75) is 27.4 Å². The van der Waals surface area contributed by atoms with Crippen LogP contribution < -0.4 is 0 Å². The maximum absolute atomic E-state index is 8.86. The van der Waals surface area contributed by atoms with Crippen LogP contribution in [-0.4, -0.2) is 5.11 Å². The summed E-state index contributed by atoms with van der Waals surface area (Å²) in [7, 11) is 0. The highest BCUT2D eigenvalue weighted by Gasteiger charge is 2.03. The Kier molecular flexibility index (Phi) is 6.13. The SMILES string of the molecule is CC.Cc1cc(Cl)cc(Cl)c1CO. The van der Waals surface area contributed by atoms with E-state index in [4.69, 9.17) is 28.3 Å². The monoisotopic (exact) mass is 220 g/mol. The Morgan fingerprint density at radius 2 is 1.77 bits per heavy atom. The first kappa shape index (κ1) is 12.8. The maximum atomic E-state index is 8.86. The molecule has 0 aliphatic carbocycles. The minimum Gasteiger partial charge on any atom is -0.392 e. The summed E-state index contributed by atoms with van der Waals surface area (Å²) < 4.78 is 0. The van der Waals surface area contributed by atoms with Crippen LogP contribution in [0.25, 0.3) is 0 Å². The second-order valence-electron chi connectivity index (χ2n) is 2.34. The van der Waals surface area contributed by atoms with E-state index in [2.05, 4.69) is 0 Å². The molecular formula is C10H14Cl2O. The van der Waals surface area contributed by atoms with E-state index in [1.165, 1.54) is 0 Å². The third kappa shape index (κ3) is 3.55. The molecule has 0 aliphatic heterocycles. The smallest absolute Gasteiger partial charge is 0.0699 e. The van der Waals surface area contributed by atoms with E-state index >= 15 is 0 Å². The average molecular weight is 221 g/mol. The molecule has 0 radical (unpaired) electrons. The summed E-state index contributed by atoms with van der Waals surface area (Å²) in [4.78, 5) is 0. The first-order chi connectivity index (χ1) is 6.15. The van der Waals surface area contributed by atoms with Gasteiger partial charge in [-0.3, -0.25) is 0 Å². The van der Waals surface area contributed by atoms with Crippen molar-refractivity contribution in [2.75, 3.05) is 0 Å². The van der Waals surface area contributed by atoms with E-state index in [1.807, 2.05) is 20.8 Å². The molecule has 1 nitrogen and oxygen atoms in total. The fourth-order valence-corrected chi connectivity index (χ4v) is 1.59. The van der Waals surface area contributed by atoms with Gasteiger partial charge in [0.25, 0.3) is 0 Å². The molecule has 0 amide bonds. The highest BCUT2D eigenvalue weighted by molar-refractivity contribution is 6.35. The lowest BCUT2D eigenvalue weighted by Crippen LogP contribution is -1.89. The van der Waals surface area contributed by atoms with Crippen LogP contribution in [0.4, 0.5) is 0 Å². The summed E-state index contributed by atoms with van der Waals surface area (Å²) in [6.45, 7) is 5.82. The van der Waals surface area contributed by atoms with Gasteiger partial charge in [0.1, 0.15) is 0 Å². The fourth-order valence-electron chi connectivity index (χ4n) is 0.932. The Morgan fingerprint density at radius 1 is 1.23 bits per heavy atom. The average Bonchev–Trinajstić information content (AvgIpc) is 2.07. The van der Waals surface area contributed by atoms with E-state index in [9.17, 15) is 0 Å². The zero-order valence-electron chi connectivity index (χ0n) is 8.06. The molecule has 0 bridgehead atoms. The molecule has 3 heteroatoms.